The smallest absolute Gasteiger partial charge is 0.306 e. The third-order valence-corrected chi connectivity index (χ3v) is 4.78. The molecule has 1 aromatic carbocycles. The molecular weight excluding hydrogens is 352 g/mol. The number of amides is 2. The Kier molecular flexibility index (Phi) is 5.95. The summed E-state index contributed by atoms with van der Waals surface area (Å²) in [6.07, 6.45) is -0.506. The zero-order valence-electron chi connectivity index (χ0n) is 15.3. The highest BCUT2D eigenvalue weighted by Crippen LogP contribution is 2.33. The summed E-state index contributed by atoms with van der Waals surface area (Å²) in [6, 6.07) is 7.29. The fraction of sp³-hybridized carbons (Fsp3) is 0.526. The lowest BCUT2D eigenvalue weighted by Crippen LogP contribution is -2.48. The quantitative estimate of drug-likeness (QED) is 0.800. The zero-order valence-corrected chi connectivity index (χ0v) is 15.3. The van der Waals surface area contributed by atoms with E-state index < -0.39 is 18.0 Å². The first-order valence-electron chi connectivity index (χ1n) is 9.14. The summed E-state index contributed by atoms with van der Waals surface area (Å²) in [5.41, 5.74) is 0.672. The molecule has 8 heteroatoms. The molecule has 0 unspecified atom stereocenters. The van der Waals surface area contributed by atoms with E-state index >= 15 is 0 Å². The number of rotatable bonds is 6. The van der Waals surface area contributed by atoms with Gasteiger partial charge in [0.15, 0.2) is 0 Å². The predicted octanol–water partition coefficient (Wildman–Crippen LogP) is 1.14. The molecule has 27 heavy (non-hydrogen) atoms. The van der Waals surface area contributed by atoms with E-state index in [1.54, 1.807) is 15.9 Å². The maximum absolute atomic E-state index is 12.9. The summed E-state index contributed by atoms with van der Waals surface area (Å²) in [5, 5.41) is 8.92. The second-order valence-electron chi connectivity index (χ2n) is 6.68. The third kappa shape index (κ3) is 4.39. The molecule has 0 aliphatic carbocycles. The Morgan fingerprint density at radius 1 is 1.30 bits per heavy atom. The molecule has 1 aromatic rings. The summed E-state index contributed by atoms with van der Waals surface area (Å²) in [6.45, 7) is 3.62. The SMILES string of the molecule is CCOc1ccccc1N1C[C@@H](C(=O)N2CCO[C@H](CC(=O)O)C2)CC1=O. The van der Waals surface area contributed by atoms with Gasteiger partial charge in [-0.2, -0.15) is 0 Å². The average molecular weight is 376 g/mol. The van der Waals surface area contributed by atoms with Crippen molar-refractivity contribution in [3.8, 4) is 5.75 Å². The minimum atomic E-state index is -0.955. The number of carbonyl (C=O) groups excluding carboxylic acids is 2. The number of hydrogen-bond donors (Lipinski definition) is 1. The molecule has 0 bridgehead atoms. The summed E-state index contributed by atoms with van der Waals surface area (Å²) < 4.78 is 11.0. The molecule has 2 saturated heterocycles. The first-order chi connectivity index (χ1) is 13.0. The first-order valence-corrected chi connectivity index (χ1v) is 9.14. The number of carboxylic acid groups (broad SMARTS) is 1. The lowest BCUT2D eigenvalue weighted by atomic mass is 10.1. The van der Waals surface area contributed by atoms with E-state index in [9.17, 15) is 14.4 Å². The van der Waals surface area contributed by atoms with Crippen LogP contribution in [0.1, 0.15) is 19.8 Å². The van der Waals surface area contributed by atoms with E-state index in [0.717, 1.165) is 0 Å². The van der Waals surface area contributed by atoms with Crippen LogP contribution in [0.5, 0.6) is 5.75 Å². The Morgan fingerprint density at radius 2 is 2.07 bits per heavy atom. The van der Waals surface area contributed by atoms with Crippen LogP contribution in [0.4, 0.5) is 5.69 Å². The third-order valence-electron chi connectivity index (χ3n) is 4.78. The van der Waals surface area contributed by atoms with E-state index in [-0.39, 0.29) is 31.2 Å². The number of benzene rings is 1. The summed E-state index contributed by atoms with van der Waals surface area (Å²) in [5.74, 6) is -1.02. The van der Waals surface area contributed by atoms with Gasteiger partial charge >= 0.3 is 5.97 Å². The number of carbonyl (C=O) groups is 3. The van der Waals surface area contributed by atoms with Crippen molar-refractivity contribution in [2.75, 3.05) is 37.7 Å². The lowest BCUT2D eigenvalue weighted by molar-refractivity contribution is -0.149. The van der Waals surface area contributed by atoms with Crippen LogP contribution in [0, 0.1) is 5.92 Å². The van der Waals surface area contributed by atoms with Crippen molar-refractivity contribution in [1.82, 2.24) is 4.90 Å². The number of ether oxygens (including phenoxy) is 2. The highest BCUT2D eigenvalue weighted by atomic mass is 16.5. The number of morpholine rings is 1. The highest BCUT2D eigenvalue weighted by Gasteiger charge is 2.39. The minimum absolute atomic E-state index is 0.115. The number of anilines is 1. The Balaban J connectivity index is 1.68. The second kappa shape index (κ2) is 8.39. The normalized spacial score (nSPS) is 22.8. The van der Waals surface area contributed by atoms with Gasteiger partial charge in [0.25, 0.3) is 0 Å². The molecule has 2 aliphatic heterocycles. The van der Waals surface area contributed by atoms with Crippen LogP contribution in [0.3, 0.4) is 0 Å². The van der Waals surface area contributed by atoms with Crippen LogP contribution >= 0.6 is 0 Å². The molecule has 0 aromatic heterocycles. The maximum atomic E-state index is 12.9. The molecule has 2 atom stereocenters. The second-order valence-corrected chi connectivity index (χ2v) is 6.68. The molecule has 2 aliphatic rings. The number of hydrogen-bond acceptors (Lipinski definition) is 5. The summed E-state index contributed by atoms with van der Waals surface area (Å²) in [4.78, 5) is 39.5. The van der Waals surface area contributed by atoms with Crippen LogP contribution in [0.15, 0.2) is 24.3 Å². The van der Waals surface area contributed by atoms with Gasteiger partial charge in [0, 0.05) is 26.1 Å². The fourth-order valence-electron chi connectivity index (χ4n) is 3.56. The monoisotopic (exact) mass is 376 g/mol. The largest absolute Gasteiger partial charge is 0.492 e. The number of aliphatic carboxylic acids is 1. The fourth-order valence-corrected chi connectivity index (χ4v) is 3.56. The van der Waals surface area contributed by atoms with E-state index in [1.165, 1.54) is 0 Å². The first kappa shape index (κ1) is 19.2. The lowest BCUT2D eigenvalue weighted by Gasteiger charge is -2.33. The molecular formula is C19H24N2O6. The minimum Gasteiger partial charge on any atom is -0.492 e. The van der Waals surface area contributed by atoms with Gasteiger partial charge in [-0.05, 0) is 19.1 Å². The van der Waals surface area contributed by atoms with Crippen molar-refractivity contribution >= 4 is 23.5 Å². The van der Waals surface area contributed by atoms with Gasteiger partial charge in [0.2, 0.25) is 11.8 Å². The molecule has 0 radical (unpaired) electrons. The van der Waals surface area contributed by atoms with Crippen molar-refractivity contribution in [1.29, 1.82) is 0 Å². The predicted molar refractivity (Wildman–Crippen MR) is 96.6 cm³/mol. The molecule has 3 rings (SSSR count). The van der Waals surface area contributed by atoms with Crippen molar-refractivity contribution in [3.05, 3.63) is 24.3 Å². The number of nitrogens with zero attached hydrogens (tertiary/aromatic N) is 2. The molecule has 146 valence electrons. The van der Waals surface area contributed by atoms with Crippen molar-refractivity contribution in [3.63, 3.8) is 0 Å². The molecule has 2 heterocycles. The van der Waals surface area contributed by atoms with E-state index in [2.05, 4.69) is 0 Å². The van der Waals surface area contributed by atoms with Crippen molar-refractivity contribution < 1.29 is 29.0 Å². The van der Waals surface area contributed by atoms with Gasteiger partial charge in [0.05, 0.1) is 37.3 Å². The van der Waals surface area contributed by atoms with Gasteiger partial charge in [-0.15, -0.1) is 0 Å². The van der Waals surface area contributed by atoms with Crippen LogP contribution in [0.25, 0.3) is 0 Å². The van der Waals surface area contributed by atoms with E-state index in [4.69, 9.17) is 14.6 Å². The average Bonchev–Trinajstić information content (AvgIpc) is 3.03. The molecule has 2 fully saturated rings. The van der Waals surface area contributed by atoms with Crippen LogP contribution in [0.2, 0.25) is 0 Å². The van der Waals surface area contributed by atoms with Crippen LogP contribution < -0.4 is 9.64 Å². The standard InChI is InChI=1S/C19H24N2O6/c1-2-26-16-6-4-3-5-15(16)21-11-13(9-17(21)22)19(25)20-7-8-27-14(12-20)10-18(23)24/h3-6,13-14H,2,7-12H2,1H3,(H,23,24)/t13-,14+/m0/s1. The van der Waals surface area contributed by atoms with Gasteiger partial charge in [-0.1, -0.05) is 12.1 Å². The maximum Gasteiger partial charge on any atom is 0.306 e. The van der Waals surface area contributed by atoms with Crippen LogP contribution in [-0.4, -0.2) is 66.7 Å². The van der Waals surface area contributed by atoms with Gasteiger partial charge in [0.1, 0.15) is 5.75 Å². The Bertz CT molecular complexity index is 722. The van der Waals surface area contributed by atoms with Crippen LogP contribution in [-0.2, 0) is 19.1 Å². The Labute approximate surface area is 157 Å². The Hall–Kier alpha value is -2.61. The van der Waals surface area contributed by atoms with Gasteiger partial charge < -0.3 is 24.4 Å². The zero-order chi connectivity index (χ0) is 19.4. The van der Waals surface area contributed by atoms with Gasteiger partial charge in [-0.3, -0.25) is 14.4 Å². The summed E-state index contributed by atoms with van der Waals surface area (Å²) in [7, 11) is 0. The molecule has 2 amide bonds. The molecule has 0 saturated carbocycles. The van der Waals surface area contributed by atoms with Crippen molar-refractivity contribution in [2.45, 2.75) is 25.9 Å². The topological polar surface area (TPSA) is 96.4 Å². The van der Waals surface area contributed by atoms with E-state index in [1.807, 2.05) is 25.1 Å². The summed E-state index contributed by atoms with van der Waals surface area (Å²) >= 11 is 0. The Morgan fingerprint density at radius 3 is 2.81 bits per heavy atom. The molecule has 1 N–H and O–H groups in total. The van der Waals surface area contributed by atoms with E-state index in [0.29, 0.717) is 37.7 Å². The highest BCUT2D eigenvalue weighted by molar-refractivity contribution is 6.01. The molecule has 0 spiro atoms. The van der Waals surface area contributed by atoms with Gasteiger partial charge in [-0.25, -0.2) is 0 Å². The van der Waals surface area contributed by atoms with Crippen molar-refractivity contribution in [2.24, 2.45) is 5.92 Å². The number of carboxylic acids is 1. The number of para-hydroxylation sites is 2. The molecule has 8 nitrogen and oxygen atoms in total.